The second-order valence-electron chi connectivity index (χ2n) is 2.53. The number of furan rings is 1. The van der Waals surface area contributed by atoms with E-state index in [1.807, 2.05) is 11.8 Å². The van der Waals surface area contributed by atoms with Crippen molar-refractivity contribution < 1.29 is 9.21 Å². The van der Waals surface area contributed by atoms with Gasteiger partial charge in [0.1, 0.15) is 0 Å². The van der Waals surface area contributed by atoms with Gasteiger partial charge >= 0.3 is 0 Å². The zero-order valence-electron chi connectivity index (χ0n) is 6.36. The molecule has 12 heavy (non-hydrogen) atoms. The summed E-state index contributed by atoms with van der Waals surface area (Å²) in [6, 6.07) is 3.44. The average Bonchev–Trinajstić information content (AvgIpc) is 2.74. The van der Waals surface area contributed by atoms with Crippen LogP contribution in [0.1, 0.15) is 10.6 Å². The van der Waals surface area contributed by atoms with Gasteiger partial charge in [-0.15, -0.1) is 0 Å². The summed E-state index contributed by atoms with van der Waals surface area (Å²) >= 11 is 3.26. The summed E-state index contributed by atoms with van der Waals surface area (Å²) in [6.45, 7) is 0. The van der Waals surface area contributed by atoms with E-state index in [-0.39, 0.29) is 5.12 Å². The van der Waals surface area contributed by atoms with Crippen molar-refractivity contribution in [2.24, 2.45) is 0 Å². The summed E-state index contributed by atoms with van der Waals surface area (Å²) < 4.78 is 4.97. The van der Waals surface area contributed by atoms with Crippen LogP contribution in [0.2, 0.25) is 0 Å². The lowest BCUT2D eigenvalue weighted by atomic mass is 10.5. The molecule has 1 aliphatic rings. The minimum Gasteiger partial charge on any atom is -0.460 e. The van der Waals surface area contributed by atoms with E-state index in [0.29, 0.717) is 11.0 Å². The molecule has 2 heterocycles. The van der Waals surface area contributed by atoms with Crippen LogP contribution in [0.15, 0.2) is 22.8 Å². The van der Waals surface area contributed by atoms with E-state index < -0.39 is 0 Å². The predicted molar refractivity (Wildman–Crippen MR) is 51.7 cm³/mol. The van der Waals surface area contributed by atoms with Gasteiger partial charge in [0.2, 0.25) is 0 Å². The van der Waals surface area contributed by atoms with E-state index in [1.54, 1.807) is 12.1 Å². The molecule has 0 saturated carbocycles. The van der Waals surface area contributed by atoms with Gasteiger partial charge < -0.3 is 4.42 Å². The van der Waals surface area contributed by atoms with E-state index in [2.05, 4.69) is 0 Å². The molecule has 2 nitrogen and oxygen atoms in total. The standard InChI is InChI=1S/C8H8O2S2/c9-8(7-2-1-3-10-7)12-5-6-4-11-6/h1-3,6H,4-5H2/t6-/m1/s1. The molecule has 1 aromatic heterocycles. The van der Waals surface area contributed by atoms with Crippen LogP contribution < -0.4 is 0 Å². The van der Waals surface area contributed by atoms with Gasteiger partial charge in [0.25, 0.3) is 5.12 Å². The third-order valence-electron chi connectivity index (χ3n) is 1.53. The topological polar surface area (TPSA) is 30.2 Å². The summed E-state index contributed by atoms with van der Waals surface area (Å²) in [7, 11) is 0. The molecule has 0 unspecified atom stereocenters. The van der Waals surface area contributed by atoms with Crippen molar-refractivity contribution in [1.29, 1.82) is 0 Å². The molecular weight excluding hydrogens is 192 g/mol. The van der Waals surface area contributed by atoms with Gasteiger partial charge in [-0.3, -0.25) is 4.79 Å². The smallest absolute Gasteiger partial charge is 0.254 e. The Morgan fingerprint density at radius 3 is 3.25 bits per heavy atom. The van der Waals surface area contributed by atoms with Crippen molar-refractivity contribution in [1.82, 2.24) is 0 Å². The number of hydrogen-bond acceptors (Lipinski definition) is 4. The third kappa shape index (κ3) is 2.08. The first-order chi connectivity index (χ1) is 5.86. The minimum atomic E-state index is 0.0486. The summed E-state index contributed by atoms with van der Waals surface area (Å²) in [5, 5.41) is 0.751. The number of hydrogen-bond donors (Lipinski definition) is 0. The van der Waals surface area contributed by atoms with Crippen molar-refractivity contribution in [2.45, 2.75) is 5.25 Å². The lowest BCUT2D eigenvalue weighted by Gasteiger charge is -1.93. The summed E-state index contributed by atoms with van der Waals surface area (Å²) in [6.07, 6.45) is 1.53. The number of rotatable bonds is 3. The van der Waals surface area contributed by atoms with Crippen LogP contribution >= 0.6 is 23.5 Å². The fraction of sp³-hybridized carbons (Fsp3) is 0.375. The molecule has 0 amide bonds. The Bertz CT molecular complexity index is 265. The SMILES string of the molecule is O=C(SC[C@H]1CS1)c1ccco1. The first-order valence-corrected chi connectivity index (χ1v) is 5.72. The molecule has 1 aliphatic heterocycles. The largest absolute Gasteiger partial charge is 0.460 e. The van der Waals surface area contributed by atoms with Crippen LogP contribution in [0, 0.1) is 0 Å². The van der Waals surface area contributed by atoms with Gasteiger partial charge in [-0.2, -0.15) is 11.8 Å². The van der Waals surface area contributed by atoms with Gasteiger partial charge in [-0.1, -0.05) is 11.8 Å². The van der Waals surface area contributed by atoms with Crippen LogP contribution in [0.4, 0.5) is 0 Å². The second kappa shape index (κ2) is 3.58. The number of thioether (sulfide) groups is 2. The molecule has 4 heteroatoms. The Balaban J connectivity index is 1.83. The monoisotopic (exact) mass is 200 g/mol. The first-order valence-electron chi connectivity index (χ1n) is 3.68. The van der Waals surface area contributed by atoms with Gasteiger partial charge in [0, 0.05) is 16.8 Å². The molecule has 1 fully saturated rings. The Morgan fingerprint density at radius 1 is 1.83 bits per heavy atom. The lowest BCUT2D eigenvalue weighted by Crippen LogP contribution is -1.95. The maximum Gasteiger partial charge on any atom is 0.254 e. The molecular formula is C8H8O2S2. The first kappa shape index (κ1) is 8.26. The average molecular weight is 200 g/mol. The Kier molecular flexibility index (Phi) is 2.46. The maximum atomic E-state index is 11.3. The van der Waals surface area contributed by atoms with E-state index in [4.69, 9.17) is 4.42 Å². The predicted octanol–water partition coefficient (Wildman–Crippen LogP) is 2.27. The van der Waals surface area contributed by atoms with Crippen molar-refractivity contribution in [3.05, 3.63) is 24.2 Å². The molecule has 64 valence electrons. The van der Waals surface area contributed by atoms with Crippen molar-refractivity contribution in [3.8, 4) is 0 Å². The fourth-order valence-corrected chi connectivity index (χ4v) is 2.50. The van der Waals surface area contributed by atoms with Crippen LogP contribution in [0.5, 0.6) is 0 Å². The summed E-state index contributed by atoms with van der Waals surface area (Å²) in [5.74, 6) is 2.59. The zero-order chi connectivity index (χ0) is 8.39. The molecule has 0 bridgehead atoms. The number of carbonyl (C=O) groups excluding carboxylic acids is 1. The van der Waals surface area contributed by atoms with Crippen LogP contribution in [-0.4, -0.2) is 21.9 Å². The fourth-order valence-electron chi connectivity index (χ4n) is 0.799. The number of carbonyl (C=O) groups is 1. The highest BCUT2D eigenvalue weighted by atomic mass is 32.2. The molecule has 0 aromatic carbocycles. The Labute approximate surface area is 79.1 Å². The highest BCUT2D eigenvalue weighted by Crippen LogP contribution is 2.33. The van der Waals surface area contributed by atoms with Crippen molar-refractivity contribution in [3.63, 3.8) is 0 Å². The lowest BCUT2D eigenvalue weighted by molar-refractivity contribution is 0.106. The molecule has 2 rings (SSSR count). The molecule has 1 aromatic rings. The molecule has 0 spiro atoms. The Hall–Kier alpha value is -0.350. The highest BCUT2D eigenvalue weighted by Gasteiger charge is 2.24. The second-order valence-corrected chi connectivity index (χ2v) is 4.86. The molecule has 1 atom stereocenters. The highest BCUT2D eigenvalue weighted by molar-refractivity contribution is 8.15. The molecule has 0 aliphatic carbocycles. The minimum absolute atomic E-state index is 0.0486. The van der Waals surface area contributed by atoms with Gasteiger partial charge in [0.15, 0.2) is 5.76 Å². The van der Waals surface area contributed by atoms with E-state index >= 15 is 0 Å². The van der Waals surface area contributed by atoms with E-state index in [1.165, 1.54) is 23.8 Å². The Morgan fingerprint density at radius 2 is 2.67 bits per heavy atom. The van der Waals surface area contributed by atoms with E-state index in [9.17, 15) is 4.79 Å². The summed E-state index contributed by atoms with van der Waals surface area (Å²) in [4.78, 5) is 11.3. The van der Waals surface area contributed by atoms with Crippen LogP contribution in [0.25, 0.3) is 0 Å². The van der Waals surface area contributed by atoms with Crippen LogP contribution in [0.3, 0.4) is 0 Å². The molecule has 1 saturated heterocycles. The maximum absolute atomic E-state index is 11.3. The third-order valence-corrected chi connectivity index (χ3v) is 3.74. The molecule has 0 N–H and O–H groups in total. The normalized spacial score (nSPS) is 20.8. The van der Waals surface area contributed by atoms with Gasteiger partial charge in [0.05, 0.1) is 6.26 Å². The summed E-state index contributed by atoms with van der Waals surface area (Å²) in [5.41, 5.74) is 0. The van der Waals surface area contributed by atoms with Gasteiger partial charge in [-0.05, 0) is 12.1 Å². The van der Waals surface area contributed by atoms with Gasteiger partial charge in [-0.25, -0.2) is 0 Å². The van der Waals surface area contributed by atoms with Crippen molar-refractivity contribution in [2.75, 3.05) is 11.5 Å². The van der Waals surface area contributed by atoms with Crippen LogP contribution in [-0.2, 0) is 0 Å². The zero-order valence-corrected chi connectivity index (χ0v) is 7.99. The van der Waals surface area contributed by atoms with Crippen molar-refractivity contribution >= 4 is 28.6 Å². The quantitative estimate of drug-likeness (QED) is 0.700. The molecule has 0 radical (unpaired) electrons. The van der Waals surface area contributed by atoms with E-state index in [0.717, 1.165) is 5.75 Å².